The molecule has 6 heteroatoms. The third-order valence-corrected chi connectivity index (χ3v) is 5.18. The summed E-state index contributed by atoms with van der Waals surface area (Å²) in [5.41, 5.74) is 4.83. The van der Waals surface area contributed by atoms with Gasteiger partial charge in [0.25, 0.3) is 5.91 Å². The molecule has 0 unspecified atom stereocenters. The van der Waals surface area contributed by atoms with Crippen molar-refractivity contribution >= 4 is 5.91 Å². The molecule has 1 heterocycles. The first-order valence-corrected chi connectivity index (χ1v) is 10.1. The molecule has 6 nitrogen and oxygen atoms in total. The second-order valence-electron chi connectivity index (χ2n) is 7.33. The summed E-state index contributed by atoms with van der Waals surface area (Å²) in [6.07, 6.45) is 0.761. The Bertz CT molecular complexity index is 1010. The summed E-state index contributed by atoms with van der Waals surface area (Å²) in [6, 6.07) is 15.3. The molecule has 3 aromatic rings. The number of hydrogen-bond donors (Lipinski definition) is 1. The van der Waals surface area contributed by atoms with Crippen molar-refractivity contribution in [2.75, 3.05) is 14.2 Å². The molecule has 0 aliphatic rings. The number of rotatable bonds is 8. The number of aromatic nitrogens is 2. The molecule has 0 spiro atoms. The molecule has 0 aliphatic heterocycles. The normalized spacial score (nSPS) is 11.8. The van der Waals surface area contributed by atoms with E-state index in [0.717, 1.165) is 28.9 Å². The molecular formula is C24H29N3O3. The van der Waals surface area contributed by atoms with Crippen molar-refractivity contribution in [2.24, 2.45) is 0 Å². The molecule has 30 heavy (non-hydrogen) atoms. The number of carbonyl (C=O) groups is 1. The van der Waals surface area contributed by atoms with Gasteiger partial charge < -0.3 is 14.8 Å². The van der Waals surface area contributed by atoms with Crippen molar-refractivity contribution in [3.63, 3.8) is 0 Å². The summed E-state index contributed by atoms with van der Waals surface area (Å²) >= 11 is 0. The molecular weight excluding hydrogens is 378 g/mol. The largest absolute Gasteiger partial charge is 0.493 e. The molecule has 0 aliphatic carbocycles. The van der Waals surface area contributed by atoms with E-state index in [1.165, 1.54) is 0 Å². The molecule has 1 aromatic heterocycles. The quantitative estimate of drug-likeness (QED) is 0.599. The van der Waals surface area contributed by atoms with E-state index in [1.54, 1.807) is 14.2 Å². The van der Waals surface area contributed by atoms with E-state index in [9.17, 15) is 4.79 Å². The first-order valence-electron chi connectivity index (χ1n) is 10.1. The zero-order valence-electron chi connectivity index (χ0n) is 18.2. The van der Waals surface area contributed by atoms with Crippen LogP contribution in [0.5, 0.6) is 11.5 Å². The lowest BCUT2D eigenvalue weighted by molar-refractivity contribution is 0.0935. The summed E-state index contributed by atoms with van der Waals surface area (Å²) in [5.74, 6) is 1.21. The number of aryl methyl sites for hydroxylation is 2. The van der Waals surface area contributed by atoms with Gasteiger partial charge in [-0.25, -0.2) is 0 Å². The Morgan fingerprint density at radius 1 is 1.03 bits per heavy atom. The Hall–Kier alpha value is -3.28. The number of hydrogen-bond acceptors (Lipinski definition) is 4. The third-order valence-electron chi connectivity index (χ3n) is 5.18. The van der Waals surface area contributed by atoms with Gasteiger partial charge in [-0.2, -0.15) is 5.10 Å². The Kier molecular flexibility index (Phi) is 6.77. The standard InChI is InChI=1S/C24H29N3O3/c1-6-21(20-11-12-22(29-4)23(14-20)30-5)25-24(28)19-9-7-18(8-10-19)15-27-17(3)13-16(2)26-27/h7-14,21H,6,15H2,1-5H3,(H,25,28)/t21-/m0/s1. The molecule has 2 aromatic carbocycles. The molecule has 1 amide bonds. The molecule has 1 atom stereocenters. The van der Waals surface area contributed by atoms with Gasteiger partial charge >= 0.3 is 0 Å². The van der Waals surface area contributed by atoms with Gasteiger partial charge in [-0.3, -0.25) is 9.48 Å². The van der Waals surface area contributed by atoms with Crippen LogP contribution in [0.25, 0.3) is 0 Å². The fourth-order valence-corrected chi connectivity index (χ4v) is 3.50. The van der Waals surface area contributed by atoms with Crippen molar-refractivity contribution in [1.82, 2.24) is 15.1 Å². The van der Waals surface area contributed by atoms with E-state index in [1.807, 2.05) is 67.9 Å². The highest BCUT2D eigenvalue weighted by molar-refractivity contribution is 5.94. The topological polar surface area (TPSA) is 65.4 Å². The zero-order valence-corrected chi connectivity index (χ0v) is 18.2. The van der Waals surface area contributed by atoms with Crippen molar-refractivity contribution in [3.8, 4) is 11.5 Å². The number of nitrogens with one attached hydrogen (secondary N) is 1. The lowest BCUT2D eigenvalue weighted by Gasteiger charge is -2.19. The summed E-state index contributed by atoms with van der Waals surface area (Å²) < 4.78 is 12.7. The lowest BCUT2D eigenvalue weighted by Crippen LogP contribution is -2.28. The van der Waals surface area contributed by atoms with Crippen molar-refractivity contribution < 1.29 is 14.3 Å². The molecule has 0 fully saturated rings. The predicted molar refractivity (Wildman–Crippen MR) is 117 cm³/mol. The van der Waals surface area contributed by atoms with Gasteiger partial charge in [0.1, 0.15) is 0 Å². The fraction of sp³-hybridized carbons (Fsp3) is 0.333. The lowest BCUT2D eigenvalue weighted by atomic mass is 10.0. The van der Waals surface area contributed by atoms with E-state index >= 15 is 0 Å². The maximum Gasteiger partial charge on any atom is 0.251 e. The maximum absolute atomic E-state index is 12.8. The van der Waals surface area contributed by atoms with Gasteiger partial charge in [0.05, 0.1) is 32.5 Å². The van der Waals surface area contributed by atoms with Crippen LogP contribution in [-0.2, 0) is 6.54 Å². The Balaban J connectivity index is 1.70. The van der Waals surface area contributed by atoms with E-state index in [0.29, 0.717) is 23.6 Å². The SMILES string of the molecule is CC[C@H](NC(=O)c1ccc(Cn2nc(C)cc2C)cc1)c1ccc(OC)c(OC)c1. The van der Waals surface area contributed by atoms with Crippen molar-refractivity contribution in [1.29, 1.82) is 0 Å². The van der Waals surface area contributed by atoms with Crippen molar-refractivity contribution in [2.45, 2.75) is 39.8 Å². The summed E-state index contributed by atoms with van der Waals surface area (Å²) in [5, 5.41) is 7.61. The third kappa shape index (κ3) is 4.82. The van der Waals surface area contributed by atoms with E-state index in [-0.39, 0.29) is 11.9 Å². The van der Waals surface area contributed by atoms with Crippen LogP contribution in [0.2, 0.25) is 0 Å². The minimum atomic E-state index is -0.119. The van der Waals surface area contributed by atoms with Gasteiger partial charge in [-0.15, -0.1) is 0 Å². The average Bonchev–Trinajstić information content (AvgIpc) is 3.08. The highest BCUT2D eigenvalue weighted by Crippen LogP contribution is 2.31. The number of methoxy groups -OCH3 is 2. The molecule has 3 rings (SSSR count). The highest BCUT2D eigenvalue weighted by Gasteiger charge is 2.16. The van der Waals surface area contributed by atoms with E-state index < -0.39 is 0 Å². The molecule has 0 saturated carbocycles. The van der Waals surface area contributed by atoms with Crippen LogP contribution in [0.4, 0.5) is 0 Å². The van der Waals surface area contributed by atoms with Crippen LogP contribution in [0, 0.1) is 13.8 Å². The van der Waals surface area contributed by atoms with Gasteiger partial charge in [0.15, 0.2) is 11.5 Å². The van der Waals surface area contributed by atoms with E-state index in [4.69, 9.17) is 9.47 Å². The van der Waals surface area contributed by atoms with Gasteiger partial charge in [-0.1, -0.05) is 25.1 Å². The molecule has 0 radical (unpaired) electrons. The Labute approximate surface area is 177 Å². The monoisotopic (exact) mass is 407 g/mol. The van der Waals surface area contributed by atoms with Crippen LogP contribution < -0.4 is 14.8 Å². The van der Waals surface area contributed by atoms with Gasteiger partial charge in [0, 0.05) is 11.3 Å². The zero-order chi connectivity index (χ0) is 21.7. The van der Waals surface area contributed by atoms with Crippen molar-refractivity contribution in [3.05, 3.63) is 76.6 Å². The summed E-state index contributed by atoms with van der Waals surface area (Å²) in [7, 11) is 3.21. The van der Waals surface area contributed by atoms with Crippen LogP contribution >= 0.6 is 0 Å². The minimum absolute atomic E-state index is 0.103. The number of carbonyl (C=O) groups excluding carboxylic acids is 1. The second kappa shape index (κ2) is 9.48. The number of nitrogens with zero attached hydrogens (tertiary/aromatic N) is 2. The Morgan fingerprint density at radius 2 is 1.73 bits per heavy atom. The summed E-state index contributed by atoms with van der Waals surface area (Å²) in [6.45, 7) is 6.75. The van der Waals surface area contributed by atoms with Gasteiger partial charge in [0.2, 0.25) is 0 Å². The second-order valence-corrected chi connectivity index (χ2v) is 7.33. The molecule has 158 valence electrons. The average molecular weight is 408 g/mol. The smallest absolute Gasteiger partial charge is 0.251 e. The highest BCUT2D eigenvalue weighted by atomic mass is 16.5. The number of benzene rings is 2. The molecule has 0 bridgehead atoms. The van der Waals surface area contributed by atoms with Gasteiger partial charge in [-0.05, 0) is 61.7 Å². The minimum Gasteiger partial charge on any atom is -0.493 e. The molecule has 0 saturated heterocycles. The van der Waals surface area contributed by atoms with Crippen LogP contribution in [0.15, 0.2) is 48.5 Å². The van der Waals surface area contributed by atoms with Crippen LogP contribution in [0.3, 0.4) is 0 Å². The number of ether oxygens (including phenoxy) is 2. The first-order chi connectivity index (χ1) is 14.4. The molecule has 1 N–H and O–H groups in total. The maximum atomic E-state index is 12.8. The van der Waals surface area contributed by atoms with Crippen LogP contribution in [0.1, 0.15) is 52.3 Å². The van der Waals surface area contributed by atoms with E-state index in [2.05, 4.69) is 16.5 Å². The Morgan fingerprint density at radius 3 is 2.30 bits per heavy atom. The van der Waals surface area contributed by atoms with Crippen LogP contribution in [-0.4, -0.2) is 29.9 Å². The number of amides is 1. The first kappa shape index (κ1) is 21.4. The fourth-order valence-electron chi connectivity index (χ4n) is 3.50. The summed E-state index contributed by atoms with van der Waals surface area (Å²) in [4.78, 5) is 12.8. The predicted octanol–water partition coefficient (Wildman–Crippen LogP) is 4.45.